The van der Waals surface area contributed by atoms with Gasteiger partial charge in [0.05, 0.1) is 21.6 Å². The maximum absolute atomic E-state index is 13.5. The number of hydrogen-bond donors (Lipinski definition) is 1. The Bertz CT molecular complexity index is 1260. The Labute approximate surface area is 194 Å². The number of fused-ring (bicyclic) bond motifs is 4. The summed E-state index contributed by atoms with van der Waals surface area (Å²) in [6, 6.07) is 4.77. The Morgan fingerprint density at radius 2 is 1.97 bits per heavy atom. The van der Waals surface area contributed by atoms with Crippen LogP contribution in [0.2, 0.25) is 10.2 Å². The van der Waals surface area contributed by atoms with E-state index < -0.39 is 5.92 Å². The van der Waals surface area contributed by atoms with E-state index in [4.69, 9.17) is 28.2 Å². The Kier molecular flexibility index (Phi) is 4.41. The van der Waals surface area contributed by atoms with E-state index >= 15 is 0 Å². The van der Waals surface area contributed by atoms with Gasteiger partial charge >= 0.3 is 0 Å². The molecule has 4 aliphatic heterocycles. The number of nitrogens with zero attached hydrogens (tertiary/aromatic N) is 7. The second kappa shape index (κ2) is 7.00. The van der Waals surface area contributed by atoms with Crippen molar-refractivity contribution in [2.24, 2.45) is 28.2 Å². The van der Waals surface area contributed by atoms with Gasteiger partial charge in [0.15, 0.2) is 5.84 Å². The molecule has 1 N–H and O–H groups in total. The Hall–Kier alpha value is -2.49. The van der Waals surface area contributed by atoms with Gasteiger partial charge in [-0.05, 0) is 38.4 Å². The molecule has 0 spiro atoms. The fourth-order valence-corrected chi connectivity index (χ4v) is 6.21. The van der Waals surface area contributed by atoms with E-state index in [1.54, 1.807) is 23.7 Å². The van der Waals surface area contributed by atoms with E-state index in [-0.39, 0.29) is 5.91 Å². The van der Waals surface area contributed by atoms with E-state index in [0.717, 1.165) is 19.3 Å². The van der Waals surface area contributed by atoms with Crippen molar-refractivity contribution in [2.75, 3.05) is 14.1 Å². The Morgan fingerprint density at radius 1 is 1.16 bits per heavy atom. The van der Waals surface area contributed by atoms with Crippen LogP contribution in [0, 0.1) is 5.92 Å². The van der Waals surface area contributed by atoms with Gasteiger partial charge in [-0.2, -0.15) is 15.2 Å². The number of likely N-dealkylation sites (N-methyl/N-ethyl adjacent to an activating group) is 1. The zero-order valence-corrected chi connectivity index (χ0v) is 19.4. The molecule has 0 radical (unpaired) electrons. The third-order valence-electron chi connectivity index (χ3n) is 7.17. The molecule has 9 nitrogen and oxygen atoms in total. The van der Waals surface area contributed by atoms with E-state index in [0.29, 0.717) is 62.3 Å². The lowest BCUT2D eigenvalue weighted by molar-refractivity contribution is -0.127. The number of guanidine groups is 1. The predicted molar refractivity (Wildman–Crippen MR) is 125 cm³/mol. The van der Waals surface area contributed by atoms with Crippen LogP contribution >= 0.6 is 23.2 Å². The summed E-state index contributed by atoms with van der Waals surface area (Å²) >= 11 is 13.1. The highest BCUT2D eigenvalue weighted by atomic mass is 35.5. The monoisotopic (exact) mass is 472 g/mol. The molecule has 11 heteroatoms. The van der Waals surface area contributed by atoms with Crippen molar-refractivity contribution >= 4 is 57.5 Å². The molecule has 2 aromatic rings. The molecule has 166 valence electrons. The van der Waals surface area contributed by atoms with E-state index in [2.05, 4.69) is 25.5 Å². The summed E-state index contributed by atoms with van der Waals surface area (Å²) in [5.41, 5.74) is 1.79. The number of aliphatic imine (C=N–C) groups is 1. The standard InChI is InChI=1S/C21H22Cl2N8O/c1-24-12-8-9-4-7-13(12)31(9)21-25-19-15(20(32)29(21)2)17(26-27-19)10-5-6-11-14(16(10)22)18(23)30(3)28-11/h5-6,9,12-13,15,24H,4,7-8H2,1-3H3/t9-,12+,13+,15?/m0/s1. The van der Waals surface area contributed by atoms with Crippen molar-refractivity contribution in [3.05, 3.63) is 27.9 Å². The number of nitrogens with one attached hydrogen (secondary N) is 1. The van der Waals surface area contributed by atoms with Gasteiger partial charge in [-0.3, -0.25) is 14.4 Å². The van der Waals surface area contributed by atoms with Crippen LogP contribution in [-0.4, -0.2) is 75.2 Å². The molecular weight excluding hydrogens is 451 g/mol. The number of amides is 1. The van der Waals surface area contributed by atoms with Crippen LogP contribution in [0.15, 0.2) is 27.3 Å². The summed E-state index contributed by atoms with van der Waals surface area (Å²) in [5, 5.41) is 17.9. The molecule has 1 aromatic carbocycles. The summed E-state index contributed by atoms with van der Waals surface area (Å²) in [4.78, 5) is 22.3. The number of amidine groups is 1. The molecule has 32 heavy (non-hydrogen) atoms. The average molecular weight is 473 g/mol. The molecule has 0 saturated carbocycles. The quantitative estimate of drug-likeness (QED) is 0.725. The van der Waals surface area contributed by atoms with Crippen molar-refractivity contribution in [1.82, 2.24) is 24.9 Å². The summed E-state index contributed by atoms with van der Waals surface area (Å²) in [5.74, 6) is 0.294. The first-order valence-electron chi connectivity index (χ1n) is 10.7. The van der Waals surface area contributed by atoms with Crippen molar-refractivity contribution < 1.29 is 4.79 Å². The fourth-order valence-electron chi connectivity index (χ4n) is 5.59. The van der Waals surface area contributed by atoms with E-state index in [1.807, 2.05) is 19.2 Å². The molecule has 6 rings (SSSR count). The molecule has 1 amide bonds. The average Bonchev–Trinajstić information content (AvgIpc) is 3.53. The molecule has 2 fully saturated rings. The van der Waals surface area contributed by atoms with Crippen molar-refractivity contribution in [1.29, 1.82) is 0 Å². The molecule has 0 aliphatic carbocycles. The number of benzene rings is 1. The van der Waals surface area contributed by atoms with E-state index in [9.17, 15) is 4.79 Å². The molecule has 4 atom stereocenters. The highest BCUT2D eigenvalue weighted by Crippen LogP contribution is 2.40. The van der Waals surface area contributed by atoms with Gasteiger partial charge in [0.1, 0.15) is 11.1 Å². The maximum Gasteiger partial charge on any atom is 0.246 e. The topological polar surface area (TPSA) is 90.5 Å². The minimum Gasteiger partial charge on any atom is -0.335 e. The number of aromatic nitrogens is 2. The number of carbonyl (C=O) groups excluding carboxylic acids is 1. The smallest absolute Gasteiger partial charge is 0.246 e. The minimum absolute atomic E-state index is 0.106. The van der Waals surface area contributed by atoms with Crippen LogP contribution in [0.1, 0.15) is 24.8 Å². The Morgan fingerprint density at radius 3 is 2.72 bits per heavy atom. The number of carbonyl (C=O) groups is 1. The maximum atomic E-state index is 13.5. The van der Waals surface area contributed by atoms with Crippen LogP contribution in [0.25, 0.3) is 10.9 Å². The van der Waals surface area contributed by atoms with Crippen molar-refractivity contribution in [3.8, 4) is 0 Å². The zero-order valence-electron chi connectivity index (χ0n) is 17.9. The lowest BCUT2D eigenvalue weighted by atomic mass is 9.93. The fraction of sp³-hybridized carbons (Fsp3) is 0.476. The Balaban J connectivity index is 1.38. The molecule has 4 aliphatic rings. The normalized spacial score (nSPS) is 29.0. The third kappa shape index (κ3) is 2.58. The first kappa shape index (κ1) is 20.1. The van der Waals surface area contributed by atoms with Crippen LogP contribution in [0.3, 0.4) is 0 Å². The lowest BCUT2D eigenvalue weighted by Crippen LogP contribution is -2.55. The van der Waals surface area contributed by atoms with Gasteiger partial charge in [-0.25, -0.2) is 0 Å². The third-order valence-corrected chi connectivity index (χ3v) is 7.99. The van der Waals surface area contributed by atoms with Crippen molar-refractivity contribution in [2.45, 2.75) is 37.4 Å². The second-order valence-electron chi connectivity index (χ2n) is 8.76. The highest BCUT2D eigenvalue weighted by molar-refractivity contribution is 6.45. The lowest BCUT2D eigenvalue weighted by Gasteiger charge is -2.36. The molecule has 1 unspecified atom stereocenters. The molecule has 5 heterocycles. The van der Waals surface area contributed by atoms with Crippen LogP contribution in [0.5, 0.6) is 0 Å². The van der Waals surface area contributed by atoms with Crippen LogP contribution < -0.4 is 5.32 Å². The largest absolute Gasteiger partial charge is 0.335 e. The van der Waals surface area contributed by atoms with Crippen molar-refractivity contribution in [3.63, 3.8) is 0 Å². The van der Waals surface area contributed by atoms with Crippen LogP contribution in [0.4, 0.5) is 0 Å². The number of aryl methyl sites for hydroxylation is 1. The molecule has 1 aromatic heterocycles. The first-order chi connectivity index (χ1) is 15.4. The summed E-state index contributed by atoms with van der Waals surface area (Å²) < 4.78 is 1.57. The zero-order chi connectivity index (χ0) is 22.3. The van der Waals surface area contributed by atoms with Gasteiger partial charge in [-0.1, -0.05) is 23.2 Å². The van der Waals surface area contributed by atoms with Crippen LogP contribution in [-0.2, 0) is 11.8 Å². The number of hydrogen-bond acceptors (Lipinski definition) is 7. The van der Waals surface area contributed by atoms with E-state index in [1.165, 1.54) is 0 Å². The summed E-state index contributed by atoms with van der Waals surface area (Å²) in [6.45, 7) is 0. The second-order valence-corrected chi connectivity index (χ2v) is 9.49. The first-order valence-corrected chi connectivity index (χ1v) is 11.4. The SMILES string of the molecule is CN[C@@H]1C[C@@H]2CC[C@H]1N2C1=NC2=NN=C(c3ccc4nn(C)c(Cl)c4c3Cl)C2C(=O)N1C. The highest BCUT2D eigenvalue weighted by Gasteiger charge is 2.51. The number of halogens is 2. The predicted octanol–water partition coefficient (Wildman–Crippen LogP) is 2.27. The van der Waals surface area contributed by atoms with Gasteiger partial charge < -0.3 is 10.2 Å². The van der Waals surface area contributed by atoms with Gasteiger partial charge in [0, 0.05) is 37.8 Å². The molecular formula is C21H22Cl2N8O. The molecule has 2 saturated heterocycles. The van der Waals surface area contributed by atoms with Gasteiger partial charge in [0.25, 0.3) is 0 Å². The minimum atomic E-state index is -0.686. The van der Waals surface area contributed by atoms with Gasteiger partial charge in [-0.15, -0.1) is 5.10 Å². The molecule has 2 bridgehead atoms. The summed E-state index contributed by atoms with van der Waals surface area (Å²) in [6.07, 6.45) is 3.26. The summed E-state index contributed by atoms with van der Waals surface area (Å²) in [7, 11) is 5.53. The van der Waals surface area contributed by atoms with Gasteiger partial charge in [0.2, 0.25) is 11.9 Å². The number of rotatable bonds is 2.